The van der Waals surface area contributed by atoms with Crippen LogP contribution in [0.5, 0.6) is 11.5 Å². The highest BCUT2D eigenvalue weighted by molar-refractivity contribution is 6.00. The van der Waals surface area contributed by atoms with Crippen LogP contribution < -0.4 is 9.47 Å². The molecule has 0 bridgehead atoms. The molecule has 0 N–H and O–H groups in total. The molecule has 6 heteroatoms. The molecule has 1 aromatic heterocycles. The SMILES string of the molecule is COc1ccc2c(C)c(C(=O)N(C)CC[C@H]3CCCCO3)oc2c1OC. The molecule has 6 nitrogen and oxygen atoms in total. The van der Waals surface area contributed by atoms with Gasteiger partial charge in [0.1, 0.15) is 0 Å². The van der Waals surface area contributed by atoms with Crippen LogP contribution in [0.15, 0.2) is 16.5 Å². The average Bonchev–Trinajstić information content (AvgIpc) is 3.02. The molecule has 1 atom stereocenters. The molecule has 1 saturated heterocycles. The zero-order valence-corrected chi connectivity index (χ0v) is 16.0. The van der Waals surface area contributed by atoms with Crippen LogP contribution in [0, 0.1) is 6.92 Å². The van der Waals surface area contributed by atoms with Crippen LogP contribution in [0.4, 0.5) is 0 Å². The third kappa shape index (κ3) is 3.51. The van der Waals surface area contributed by atoms with Gasteiger partial charge in [-0.25, -0.2) is 0 Å². The Balaban J connectivity index is 1.80. The maximum absolute atomic E-state index is 12.9. The van der Waals surface area contributed by atoms with Gasteiger partial charge in [0.05, 0.1) is 20.3 Å². The largest absolute Gasteiger partial charge is 0.493 e. The van der Waals surface area contributed by atoms with E-state index in [9.17, 15) is 4.79 Å². The molecule has 1 aliphatic rings. The van der Waals surface area contributed by atoms with E-state index in [1.165, 1.54) is 6.42 Å². The van der Waals surface area contributed by atoms with Crippen molar-refractivity contribution in [1.82, 2.24) is 4.90 Å². The topological polar surface area (TPSA) is 61.1 Å². The number of nitrogens with zero attached hydrogens (tertiary/aromatic N) is 1. The van der Waals surface area contributed by atoms with E-state index in [-0.39, 0.29) is 12.0 Å². The van der Waals surface area contributed by atoms with Crippen molar-refractivity contribution in [1.29, 1.82) is 0 Å². The molecule has 0 unspecified atom stereocenters. The van der Waals surface area contributed by atoms with Gasteiger partial charge < -0.3 is 23.5 Å². The minimum Gasteiger partial charge on any atom is -0.493 e. The van der Waals surface area contributed by atoms with E-state index in [0.717, 1.165) is 36.8 Å². The van der Waals surface area contributed by atoms with E-state index in [1.807, 2.05) is 19.1 Å². The summed E-state index contributed by atoms with van der Waals surface area (Å²) < 4.78 is 22.4. The van der Waals surface area contributed by atoms with Gasteiger partial charge in [-0.15, -0.1) is 0 Å². The molecule has 1 fully saturated rings. The van der Waals surface area contributed by atoms with Gasteiger partial charge in [0.15, 0.2) is 17.1 Å². The highest BCUT2D eigenvalue weighted by Crippen LogP contribution is 2.39. The summed E-state index contributed by atoms with van der Waals surface area (Å²) in [5.74, 6) is 1.30. The van der Waals surface area contributed by atoms with E-state index in [4.69, 9.17) is 18.6 Å². The lowest BCUT2D eigenvalue weighted by molar-refractivity contribution is 0.00691. The lowest BCUT2D eigenvalue weighted by Crippen LogP contribution is -2.31. The number of ether oxygens (including phenoxy) is 3. The number of carbonyl (C=O) groups excluding carboxylic acids is 1. The summed E-state index contributed by atoms with van der Waals surface area (Å²) in [6, 6.07) is 3.71. The molecule has 26 heavy (non-hydrogen) atoms. The Labute approximate surface area is 154 Å². The predicted octanol–water partition coefficient (Wildman–Crippen LogP) is 3.79. The number of methoxy groups -OCH3 is 2. The summed E-state index contributed by atoms with van der Waals surface area (Å²) in [7, 11) is 4.94. The van der Waals surface area contributed by atoms with E-state index >= 15 is 0 Å². The van der Waals surface area contributed by atoms with Crippen LogP contribution in [0.2, 0.25) is 0 Å². The average molecular weight is 361 g/mol. The van der Waals surface area contributed by atoms with Crippen molar-refractivity contribution in [3.05, 3.63) is 23.5 Å². The van der Waals surface area contributed by atoms with Crippen LogP contribution >= 0.6 is 0 Å². The van der Waals surface area contributed by atoms with Gasteiger partial charge in [-0.3, -0.25) is 4.79 Å². The molecule has 1 aromatic carbocycles. The van der Waals surface area contributed by atoms with E-state index in [2.05, 4.69) is 0 Å². The Hall–Kier alpha value is -2.21. The Morgan fingerprint density at radius 1 is 1.27 bits per heavy atom. The number of hydrogen-bond acceptors (Lipinski definition) is 5. The highest BCUT2D eigenvalue weighted by Gasteiger charge is 2.25. The van der Waals surface area contributed by atoms with Gasteiger partial charge in [0.25, 0.3) is 5.91 Å². The number of amides is 1. The molecule has 1 aliphatic heterocycles. The molecule has 2 heterocycles. The second kappa shape index (κ2) is 7.99. The standard InChI is InChI=1S/C20H27NO5/c1-13-15-8-9-16(23-3)19(24-4)18(15)26-17(13)20(22)21(2)11-10-14-7-5-6-12-25-14/h8-9,14H,5-7,10-12H2,1-4H3/t14-/m1/s1. The minimum absolute atomic E-state index is 0.129. The molecule has 0 radical (unpaired) electrons. The number of aryl methyl sites for hydroxylation is 1. The van der Waals surface area contributed by atoms with Gasteiger partial charge in [0.2, 0.25) is 5.75 Å². The minimum atomic E-state index is -0.129. The summed E-state index contributed by atoms with van der Waals surface area (Å²) in [4.78, 5) is 14.6. The fraction of sp³-hybridized carbons (Fsp3) is 0.550. The molecule has 2 aromatic rings. The van der Waals surface area contributed by atoms with Crippen LogP contribution in [-0.2, 0) is 4.74 Å². The molecule has 142 valence electrons. The van der Waals surface area contributed by atoms with Gasteiger partial charge in [-0.05, 0) is 44.7 Å². The van der Waals surface area contributed by atoms with Gasteiger partial charge in [0, 0.05) is 31.1 Å². The summed E-state index contributed by atoms with van der Waals surface area (Å²) in [6.45, 7) is 3.36. The van der Waals surface area contributed by atoms with Crippen molar-refractivity contribution >= 4 is 16.9 Å². The van der Waals surface area contributed by atoms with E-state index < -0.39 is 0 Å². The normalized spacial score (nSPS) is 17.3. The van der Waals surface area contributed by atoms with E-state index in [0.29, 0.717) is 29.4 Å². The summed E-state index contributed by atoms with van der Waals surface area (Å²) in [5.41, 5.74) is 1.35. The molecular weight excluding hydrogens is 334 g/mol. The van der Waals surface area contributed by atoms with Crippen LogP contribution in [0.1, 0.15) is 41.8 Å². The first kappa shape index (κ1) is 18.6. The van der Waals surface area contributed by atoms with E-state index in [1.54, 1.807) is 26.2 Å². The third-order valence-electron chi connectivity index (χ3n) is 5.05. The fourth-order valence-corrected chi connectivity index (χ4v) is 3.45. The summed E-state index contributed by atoms with van der Waals surface area (Å²) in [6.07, 6.45) is 4.50. The number of hydrogen-bond donors (Lipinski definition) is 0. The summed E-state index contributed by atoms with van der Waals surface area (Å²) in [5, 5.41) is 0.856. The molecule has 0 saturated carbocycles. The second-order valence-electron chi connectivity index (χ2n) is 6.74. The molecule has 1 amide bonds. The Kier molecular flexibility index (Phi) is 5.71. The van der Waals surface area contributed by atoms with Crippen molar-refractivity contribution < 1.29 is 23.4 Å². The number of fused-ring (bicyclic) bond motifs is 1. The summed E-state index contributed by atoms with van der Waals surface area (Å²) >= 11 is 0. The van der Waals surface area contributed by atoms with Crippen molar-refractivity contribution in [3.8, 4) is 11.5 Å². The van der Waals surface area contributed by atoms with Crippen molar-refractivity contribution in [2.24, 2.45) is 0 Å². The Morgan fingerprint density at radius 3 is 2.73 bits per heavy atom. The van der Waals surface area contributed by atoms with Crippen molar-refractivity contribution in [2.75, 3.05) is 34.4 Å². The molecule has 0 spiro atoms. The first-order valence-corrected chi connectivity index (χ1v) is 9.08. The Morgan fingerprint density at radius 2 is 2.08 bits per heavy atom. The van der Waals surface area contributed by atoms with Crippen molar-refractivity contribution in [2.45, 2.75) is 38.7 Å². The zero-order valence-electron chi connectivity index (χ0n) is 16.0. The van der Waals surface area contributed by atoms with Gasteiger partial charge >= 0.3 is 0 Å². The third-order valence-corrected chi connectivity index (χ3v) is 5.05. The fourth-order valence-electron chi connectivity index (χ4n) is 3.45. The highest BCUT2D eigenvalue weighted by atomic mass is 16.5. The van der Waals surface area contributed by atoms with Crippen LogP contribution in [-0.4, -0.2) is 51.3 Å². The predicted molar refractivity (Wildman–Crippen MR) is 99.2 cm³/mol. The van der Waals surface area contributed by atoms with Gasteiger partial charge in [-0.1, -0.05) is 0 Å². The smallest absolute Gasteiger partial charge is 0.289 e. The zero-order chi connectivity index (χ0) is 18.7. The second-order valence-corrected chi connectivity index (χ2v) is 6.74. The maximum Gasteiger partial charge on any atom is 0.289 e. The lowest BCUT2D eigenvalue weighted by Gasteiger charge is -2.25. The molecule has 0 aliphatic carbocycles. The Bertz CT molecular complexity index is 776. The number of rotatable bonds is 6. The van der Waals surface area contributed by atoms with Gasteiger partial charge in [-0.2, -0.15) is 0 Å². The quantitative estimate of drug-likeness (QED) is 0.783. The van der Waals surface area contributed by atoms with Crippen LogP contribution in [0.25, 0.3) is 11.0 Å². The lowest BCUT2D eigenvalue weighted by atomic mass is 10.1. The van der Waals surface area contributed by atoms with Crippen LogP contribution in [0.3, 0.4) is 0 Å². The maximum atomic E-state index is 12.9. The molecule has 3 rings (SSSR count). The first-order valence-electron chi connectivity index (χ1n) is 9.08. The monoisotopic (exact) mass is 361 g/mol. The molecular formula is C20H27NO5. The number of benzene rings is 1. The first-order chi connectivity index (χ1) is 12.6. The number of carbonyl (C=O) groups is 1. The number of furan rings is 1. The van der Waals surface area contributed by atoms with Crippen molar-refractivity contribution in [3.63, 3.8) is 0 Å².